The van der Waals surface area contributed by atoms with Gasteiger partial charge < -0.3 is 5.32 Å². The molecular formula is C16H18ClN5OS. The van der Waals surface area contributed by atoms with E-state index < -0.39 is 0 Å². The lowest BCUT2D eigenvalue weighted by Crippen LogP contribution is -2.25. The highest BCUT2D eigenvalue weighted by molar-refractivity contribution is 7.16. The highest BCUT2D eigenvalue weighted by Crippen LogP contribution is 2.25. The highest BCUT2D eigenvalue weighted by atomic mass is 35.5. The van der Waals surface area contributed by atoms with Crippen molar-refractivity contribution in [2.45, 2.75) is 20.3 Å². The largest absolute Gasteiger partial charge is 0.350 e. The van der Waals surface area contributed by atoms with Crippen molar-refractivity contribution in [1.82, 2.24) is 25.3 Å². The van der Waals surface area contributed by atoms with E-state index in [4.69, 9.17) is 11.6 Å². The average Bonchev–Trinajstić information content (AvgIpc) is 3.21. The normalized spacial score (nSPS) is 11.0. The number of aromatic amines is 1. The van der Waals surface area contributed by atoms with Gasteiger partial charge in [0.2, 0.25) is 0 Å². The Balaban J connectivity index is 1.65. The van der Waals surface area contributed by atoms with Crippen molar-refractivity contribution < 1.29 is 4.79 Å². The van der Waals surface area contributed by atoms with Gasteiger partial charge in [0, 0.05) is 29.7 Å². The summed E-state index contributed by atoms with van der Waals surface area (Å²) in [6.45, 7) is 4.47. The average molecular weight is 364 g/mol. The molecule has 0 aliphatic rings. The molecular weight excluding hydrogens is 346 g/mol. The maximum absolute atomic E-state index is 12.2. The maximum atomic E-state index is 12.2. The third-order valence-electron chi connectivity index (χ3n) is 3.87. The van der Waals surface area contributed by atoms with Crippen molar-refractivity contribution in [1.29, 1.82) is 0 Å². The molecule has 0 saturated heterocycles. The number of H-pyrrole nitrogens is 1. The van der Waals surface area contributed by atoms with Crippen molar-refractivity contribution in [3.05, 3.63) is 44.5 Å². The Bertz CT molecular complexity index is 879. The van der Waals surface area contributed by atoms with Crippen molar-refractivity contribution in [3.63, 3.8) is 0 Å². The molecule has 0 unspecified atom stereocenters. The molecule has 0 radical (unpaired) electrons. The number of nitrogens with zero attached hydrogens (tertiary/aromatic N) is 3. The summed E-state index contributed by atoms with van der Waals surface area (Å²) in [5.41, 5.74) is 4.04. The van der Waals surface area contributed by atoms with Crippen LogP contribution in [0.4, 0.5) is 0 Å². The van der Waals surface area contributed by atoms with E-state index in [-0.39, 0.29) is 5.91 Å². The minimum Gasteiger partial charge on any atom is -0.350 e. The van der Waals surface area contributed by atoms with Gasteiger partial charge in [-0.15, -0.1) is 11.3 Å². The van der Waals surface area contributed by atoms with Crippen LogP contribution in [-0.2, 0) is 13.5 Å². The number of thiophene rings is 1. The predicted octanol–water partition coefficient (Wildman–Crippen LogP) is 3.11. The highest BCUT2D eigenvalue weighted by Gasteiger charge is 2.17. The quantitative estimate of drug-likeness (QED) is 0.731. The number of aryl methyl sites for hydroxylation is 2. The molecule has 0 bridgehead atoms. The van der Waals surface area contributed by atoms with Crippen LogP contribution in [0.15, 0.2) is 18.2 Å². The van der Waals surface area contributed by atoms with Crippen molar-refractivity contribution in [2.24, 2.45) is 7.05 Å². The number of rotatable bonds is 5. The SMILES string of the molecule is Cc1nn(C)c(C)c1-c1cc(C(=O)NCCc2ccc(Cl)s2)[nH]n1. The zero-order chi connectivity index (χ0) is 17.3. The van der Waals surface area contributed by atoms with E-state index in [2.05, 4.69) is 20.6 Å². The summed E-state index contributed by atoms with van der Waals surface area (Å²) in [5, 5.41) is 14.3. The van der Waals surface area contributed by atoms with Gasteiger partial charge in [0.25, 0.3) is 5.91 Å². The van der Waals surface area contributed by atoms with Crippen molar-refractivity contribution in [2.75, 3.05) is 6.54 Å². The van der Waals surface area contributed by atoms with Gasteiger partial charge in [0.05, 0.1) is 15.7 Å². The second kappa shape index (κ2) is 6.78. The molecule has 3 heterocycles. The zero-order valence-corrected chi connectivity index (χ0v) is 15.3. The first-order chi connectivity index (χ1) is 11.5. The van der Waals surface area contributed by atoms with E-state index in [0.717, 1.165) is 38.3 Å². The molecule has 0 spiro atoms. The summed E-state index contributed by atoms with van der Waals surface area (Å²) >= 11 is 7.42. The molecule has 1 amide bonds. The summed E-state index contributed by atoms with van der Waals surface area (Å²) in [6, 6.07) is 5.60. The Morgan fingerprint density at radius 1 is 1.42 bits per heavy atom. The number of hydrogen-bond acceptors (Lipinski definition) is 4. The third-order valence-corrected chi connectivity index (χ3v) is 5.16. The summed E-state index contributed by atoms with van der Waals surface area (Å²) < 4.78 is 2.57. The fourth-order valence-electron chi connectivity index (χ4n) is 2.59. The molecule has 2 N–H and O–H groups in total. The lowest BCUT2D eigenvalue weighted by molar-refractivity contribution is 0.0949. The molecule has 0 fully saturated rings. The predicted molar refractivity (Wildman–Crippen MR) is 95.6 cm³/mol. The van der Waals surface area contributed by atoms with E-state index in [9.17, 15) is 4.79 Å². The summed E-state index contributed by atoms with van der Waals surface area (Å²) in [5.74, 6) is -0.171. The van der Waals surface area contributed by atoms with Crippen LogP contribution < -0.4 is 5.32 Å². The summed E-state index contributed by atoms with van der Waals surface area (Å²) in [6.07, 6.45) is 0.755. The molecule has 3 aromatic rings. The number of hydrogen-bond donors (Lipinski definition) is 2. The van der Waals surface area contributed by atoms with Crippen LogP contribution in [0, 0.1) is 13.8 Å². The topological polar surface area (TPSA) is 75.6 Å². The van der Waals surface area contributed by atoms with Gasteiger partial charge in [-0.3, -0.25) is 14.6 Å². The zero-order valence-electron chi connectivity index (χ0n) is 13.7. The van der Waals surface area contributed by atoms with Crippen LogP contribution >= 0.6 is 22.9 Å². The van der Waals surface area contributed by atoms with Crippen molar-refractivity contribution in [3.8, 4) is 11.3 Å². The maximum Gasteiger partial charge on any atom is 0.269 e. The van der Waals surface area contributed by atoms with Gasteiger partial charge in [0.15, 0.2) is 0 Å². The number of aromatic nitrogens is 4. The van der Waals surface area contributed by atoms with Crippen LogP contribution in [0.3, 0.4) is 0 Å². The second-order valence-corrected chi connectivity index (χ2v) is 7.35. The first kappa shape index (κ1) is 16.7. The molecule has 6 nitrogen and oxygen atoms in total. The van der Waals surface area contributed by atoms with Crippen LogP contribution in [0.2, 0.25) is 4.34 Å². The van der Waals surface area contributed by atoms with E-state index in [1.54, 1.807) is 6.07 Å². The van der Waals surface area contributed by atoms with Gasteiger partial charge in [-0.25, -0.2) is 0 Å². The number of carbonyl (C=O) groups excluding carboxylic acids is 1. The van der Waals surface area contributed by atoms with E-state index in [1.807, 2.05) is 37.7 Å². The fraction of sp³-hybridized carbons (Fsp3) is 0.312. The fourth-order valence-corrected chi connectivity index (χ4v) is 3.68. The Kier molecular flexibility index (Phi) is 4.73. The van der Waals surface area contributed by atoms with Gasteiger partial charge >= 0.3 is 0 Å². The smallest absolute Gasteiger partial charge is 0.269 e. The van der Waals surface area contributed by atoms with Gasteiger partial charge in [-0.2, -0.15) is 10.2 Å². The first-order valence-electron chi connectivity index (χ1n) is 7.54. The first-order valence-corrected chi connectivity index (χ1v) is 8.73. The van der Waals surface area contributed by atoms with E-state index >= 15 is 0 Å². The molecule has 24 heavy (non-hydrogen) atoms. The van der Waals surface area contributed by atoms with Gasteiger partial charge in [0.1, 0.15) is 5.69 Å². The van der Waals surface area contributed by atoms with Crippen LogP contribution in [0.25, 0.3) is 11.3 Å². The molecule has 0 aliphatic heterocycles. The standard InChI is InChI=1S/C16H18ClN5OS/c1-9-15(10(2)22(3)21-9)12-8-13(20-19-12)16(23)18-7-6-11-4-5-14(17)24-11/h4-5,8H,6-7H2,1-3H3,(H,18,23)(H,19,20). The molecule has 3 aromatic heterocycles. The van der Waals surface area contributed by atoms with Crippen LogP contribution in [-0.4, -0.2) is 32.4 Å². The minimum absolute atomic E-state index is 0.171. The Hall–Kier alpha value is -2.12. The Morgan fingerprint density at radius 2 is 2.21 bits per heavy atom. The second-order valence-electron chi connectivity index (χ2n) is 5.55. The molecule has 8 heteroatoms. The number of halogens is 1. The molecule has 0 atom stereocenters. The lowest BCUT2D eigenvalue weighted by Gasteiger charge is -2.01. The Morgan fingerprint density at radius 3 is 2.83 bits per heavy atom. The minimum atomic E-state index is -0.171. The Labute approximate surface area is 148 Å². The monoisotopic (exact) mass is 363 g/mol. The van der Waals surface area contributed by atoms with E-state index in [0.29, 0.717) is 12.2 Å². The number of amides is 1. The van der Waals surface area contributed by atoms with E-state index in [1.165, 1.54) is 11.3 Å². The lowest BCUT2D eigenvalue weighted by atomic mass is 10.1. The van der Waals surface area contributed by atoms with Gasteiger partial charge in [-0.05, 0) is 38.5 Å². The molecule has 0 aliphatic carbocycles. The van der Waals surface area contributed by atoms with Crippen molar-refractivity contribution >= 4 is 28.8 Å². The van der Waals surface area contributed by atoms with Gasteiger partial charge in [-0.1, -0.05) is 11.6 Å². The number of nitrogens with one attached hydrogen (secondary N) is 2. The molecule has 126 valence electrons. The molecule has 0 saturated carbocycles. The summed E-state index contributed by atoms with van der Waals surface area (Å²) in [4.78, 5) is 13.4. The number of carbonyl (C=O) groups is 1. The van der Waals surface area contributed by atoms with Crippen LogP contribution in [0.1, 0.15) is 26.8 Å². The molecule has 3 rings (SSSR count). The third kappa shape index (κ3) is 3.37. The molecule has 0 aromatic carbocycles. The summed E-state index contributed by atoms with van der Waals surface area (Å²) in [7, 11) is 1.89. The van der Waals surface area contributed by atoms with Crippen LogP contribution in [0.5, 0.6) is 0 Å².